The largest absolute Gasteiger partial charge is 0.493 e. The number of nitrogens with zero attached hydrogens (tertiary/aromatic N) is 1. The highest BCUT2D eigenvalue weighted by Gasteiger charge is 2.49. The second-order valence-electron chi connectivity index (χ2n) is 6.62. The normalized spacial score (nSPS) is 25.5. The van der Waals surface area contributed by atoms with Crippen molar-refractivity contribution in [2.24, 2.45) is 11.8 Å². The third kappa shape index (κ3) is 2.60. The van der Waals surface area contributed by atoms with Gasteiger partial charge in [0.15, 0.2) is 11.5 Å². The van der Waals surface area contributed by atoms with Crippen LogP contribution in [0.25, 0.3) is 0 Å². The summed E-state index contributed by atoms with van der Waals surface area (Å²) in [6, 6.07) is 2.67. The van der Waals surface area contributed by atoms with Gasteiger partial charge >= 0.3 is 5.97 Å². The number of carbonyl (C=O) groups is 2. The lowest BCUT2D eigenvalue weighted by Crippen LogP contribution is -2.43. The quantitative estimate of drug-likeness (QED) is 0.915. The van der Waals surface area contributed by atoms with Crippen molar-refractivity contribution in [3.8, 4) is 11.5 Å². The highest BCUT2D eigenvalue weighted by atomic mass is 16.5. The van der Waals surface area contributed by atoms with Gasteiger partial charge in [0.05, 0.1) is 14.2 Å². The molecule has 0 spiro atoms. The zero-order chi connectivity index (χ0) is 17.4. The molecule has 24 heavy (non-hydrogen) atoms. The summed E-state index contributed by atoms with van der Waals surface area (Å²) in [5.74, 6) is 0.255. The summed E-state index contributed by atoms with van der Waals surface area (Å²) >= 11 is 0. The maximum Gasteiger partial charge on any atom is 0.326 e. The van der Waals surface area contributed by atoms with Gasteiger partial charge in [-0.1, -0.05) is 6.42 Å². The maximum atomic E-state index is 13.0. The van der Waals surface area contributed by atoms with Crippen molar-refractivity contribution < 1.29 is 24.2 Å². The Balaban J connectivity index is 1.95. The third-order valence-corrected chi connectivity index (χ3v) is 5.37. The molecule has 3 rings (SSSR count). The van der Waals surface area contributed by atoms with E-state index < -0.39 is 12.0 Å². The predicted octanol–water partition coefficient (Wildman–Crippen LogP) is 2.34. The average molecular weight is 333 g/mol. The lowest BCUT2D eigenvalue weighted by atomic mass is 9.94. The van der Waals surface area contributed by atoms with Crippen molar-refractivity contribution in [3.05, 3.63) is 23.3 Å². The number of carbonyl (C=O) groups excluding carboxylic acids is 1. The number of fused-ring (bicyclic) bond motifs is 1. The Morgan fingerprint density at radius 3 is 2.46 bits per heavy atom. The van der Waals surface area contributed by atoms with Crippen molar-refractivity contribution in [1.82, 2.24) is 4.90 Å². The van der Waals surface area contributed by atoms with E-state index in [-0.39, 0.29) is 11.8 Å². The van der Waals surface area contributed by atoms with E-state index in [9.17, 15) is 14.7 Å². The molecule has 0 bridgehead atoms. The molecule has 0 radical (unpaired) electrons. The highest BCUT2D eigenvalue weighted by molar-refractivity contribution is 5.99. The second kappa shape index (κ2) is 6.34. The van der Waals surface area contributed by atoms with Gasteiger partial charge in [0, 0.05) is 12.1 Å². The van der Waals surface area contributed by atoms with Crippen LogP contribution in [0.1, 0.15) is 35.2 Å². The SMILES string of the molecule is COc1cc(C)c(C(=O)N2C[C@@H]3CCC[C@@H]3[C@@H]2C(=O)O)cc1OC. The van der Waals surface area contributed by atoms with E-state index in [0.717, 1.165) is 24.8 Å². The molecule has 0 aromatic heterocycles. The Labute approximate surface area is 141 Å². The number of hydrogen-bond donors (Lipinski definition) is 1. The van der Waals surface area contributed by atoms with Crippen molar-refractivity contribution >= 4 is 11.9 Å². The van der Waals surface area contributed by atoms with Crippen LogP contribution < -0.4 is 9.47 Å². The van der Waals surface area contributed by atoms with Gasteiger partial charge in [-0.25, -0.2) is 4.79 Å². The number of ether oxygens (including phenoxy) is 2. The summed E-state index contributed by atoms with van der Waals surface area (Å²) in [4.78, 5) is 26.3. The number of hydrogen-bond acceptors (Lipinski definition) is 4. The first-order valence-corrected chi connectivity index (χ1v) is 8.24. The summed E-state index contributed by atoms with van der Waals surface area (Å²) in [5, 5.41) is 9.64. The summed E-state index contributed by atoms with van der Waals surface area (Å²) in [6.45, 7) is 2.34. The molecule has 1 saturated heterocycles. The molecule has 0 unspecified atom stereocenters. The number of methoxy groups -OCH3 is 2. The van der Waals surface area contributed by atoms with Gasteiger partial charge in [-0.05, 0) is 49.3 Å². The van der Waals surface area contributed by atoms with E-state index in [1.807, 2.05) is 6.92 Å². The molecule has 1 aliphatic carbocycles. The molecule has 1 aromatic carbocycles. The van der Waals surface area contributed by atoms with E-state index >= 15 is 0 Å². The molecular formula is C18H23NO5. The first kappa shape index (κ1) is 16.6. The van der Waals surface area contributed by atoms with Gasteiger partial charge in [0.2, 0.25) is 0 Å². The standard InChI is InChI=1S/C18H23NO5/c1-10-7-14(23-2)15(24-3)8-13(10)17(20)19-9-11-5-4-6-12(11)16(19)18(21)22/h7-8,11-12,16H,4-6,9H2,1-3H3,(H,21,22)/t11-,12-,16+/m0/s1. The predicted molar refractivity (Wildman–Crippen MR) is 87.6 cm³/mol. The molecule has 1 aromatic rings. The highest BCUT2D eigenvalue weighted by Crippen LogP contribution is 2.43. The van der Waals surface area contributed by atoms with E-state index in [1.54, 1.807) is 19.2 Å². The topological polar surface area (TPSA) is 76.1 Å². The fourth-order valence-corrected chi connectivity index (χ4v) is 4.20. The van der Waals surface area contributed by atoms with Crippen molar-refractivity contribution in [2.45, 2.75) is 32.2 Å². The summed E-state index contributed by atoms with van der Waals surface area (Å²) < 4.78 is 10.5. The Morgan fingerprint density at radius 1 is 1.17 bits per heavy atom. The van der Waals surface area contributed by atoms with E-state index in [4.69, 9.17) is 9.47 Å². The molecule has 2 fully saturated rings. The van der Waals surface area contributed by atoms with Crippen LogP contribution in [-0.4, -0.2) is 48.7 Å². The first-order chi connectivity index (χ1) is 11.5. The lowest BCUT2D eigenvalue weighted by Gasteiger charge is -2.25. The zero-order valence-electron chi connectivity index (χ0n) is 14.2. The third-order valence-electron chi connectivity index (χ3n) is 5.37. The van der Waals surface area contributed by atoms with Gasteiger partial charge in [-0.2, -0.15) is 0 Å². The molecule has 1 amide bonds. The summed E-state index contributed by atoms with van der Waals surface area (Å²) in [6.07, 6.45) is 2.94. The number of likely N-dealkylation sites (tertiary alicyclic amines) is 1. The molecular weight excluding hydrogens is 310 g/mol. The molecule has 2 aliphatic rings. The van der Waals surface area contributed by atoms with Crippen LogP contribution in [0.15, 0.2) is 12.1 Å². The minimum absolute atomic E-state index is 0.0758. The Morgan fingerprint density at radius 2 is 1.83 bits per heavy atom. The summed E-state index contributed by atoms with van der Waals surface area (Å²) in [5.41, 5.74) is 1.22. The molecule has 1 heterocycles. The maximum absolute atomic E-state index is 13.0. The Kier molecular flexibility index (Phi) is 4.39. The molecule has 6 nitrogen and oxygen atoms in total. The molecule has 6 heteroatoms. The van der Waals surface area contributed by atoms with Gasteiger partial charge < -0.3 is 19.5 Å². The minimum Gasteiger partial charge on any atom is -0.493 e. The monoisotopic (exact) mass is 333 g/mol. The second-order valence-corrected chi connectivity index (χ2v) is 6.62. The Bertz CT molecular complexity index is 672. The van der Waals surface area contributed by atoms with Crippen molar-refractivity contribution in [3.63, 3.8) is 0 Å². The van der Waals surface area contributed by atoms with Gasteiger partial charge in [-0.15, -0.1) is 0 Å². The smallest absolute Gasteiger partial charge is 0.326 e. The van der Waals surface area contributed by atoms with Gasteiger partial charge in [-0.3, -0.25) is 4.79 Å². The number of rotatable bonds is 4. The van der Waals surface area contributed by atoms with Crippen LogP contribution in [-0.2, 0) is 4.79 Å². The fourth-order valence-electron chi connectivity index (χ4n) is 4.20. The number of aliphatic carboxylic acids is 1. The van der Waals surface area contributed by atoms with Gasteiger partial charge in [0.1, 0.15) is 6.04 Å². The molecule has 130 valence electrons. The molecule has 1 N–H and O–H groups in total. The summed E-state index contributed by atoms with van der Waals surface area (Å²) in [7, 11) is 3.06. The van der Waals surface area contributed by atoms with E-state index in [0.29, 0.717) is 29.5 Å². The van der Waals surface area contributed by atoms with Crippen LogP contribution in [0.5, 0.6) is 11.5 Å². The van der Waals surface area contributed by atoms with Crippen LogP contribution in [0, 0.1) is 18.8 Å². The van der Waals surface area contributed by atoms with Crippen molar-refractivity contribution in [1.29, 1.82) is 0 Å². The van der Waals surface area contributed by atoms with Crippen LogP contribution >= 0.6 is 0 Å². The molecule has 3 atom stereocenters. The number of carboxylic acids is 1. The lowest BCUT2D eigenvalue weighted by molar-refractivity contribution is -0.142. The average Bonchev–Trinajstić information content (AvgIpc) is 3.13. The first-order valence-electron chi connectivity index (χ1n) is 8.24. The Hall–Kier alpha value is -2.24. The van der Waals surface area contributed by atoms with E-state index in [1.165, 1.54) is 12.0 Å². The zero-order valence-corrected chi connectivity index (χ0v) is 14.2. The number of benzene rings is 1. The fraction of sp³-hybridized carbons (Fsp3) is 0.556. The van der Waals surface area contributed by atoms with Gasteiger partial charge in [0.25, 0.3) is 5.91 Å². The van der Waals surface area contributed by atoms with E-state index in [2.05, 4.69) is 0 Å². The van der Waals surface area contributed by atoms with Crippen LogP contribution in [0.4, 0.5) is 0 Å². The molecule has 1 aliphatic heterocycles. The molecule has 1 saturated carbocycles. The number of aryl methyl sites for hydroxylation is 1. The van der Waals surface area contributed by atoms with Crippen molar-refractivity contribution in [2.75, 3.05) is 20.8 Å². The number of carboxylic acid groups (broad SMARTS) is 1. The number of amides is 1. The van der Waals surface area contributed by atoms with Crippen LogP contribution in [0.3, 0.4) is 0 Å². The minimum atomic E-state index is -0.907. The van der Waals surface area contributed by atoms with Crippen LogP contribution in [0.2, 0.25) is 0 Å².